The Hall–Kier alpha value is -3.02. The Kier molecular flexibility index (Phi) is 7.67. The number of ether oxygens (including phenoxy) is 1. The molecular weight excluding hydrogens is 342 g/mol. The maximum Gasteiger partial charge on any atom is 0.258 e. The Bertz CT molecular complexity index is 777. The fourth-order valence-corrected chi connectivity index (χ4v) is 2.70. The van der Waals surface area contributed by atoms with E-state index in [0.29, 0.717) is 24.5 Å². The first kappa shape index (κ1) is 20.3. The average Bonchev–Trinajstić information content (AvgIpc) is 2.64. The second-order valence-corrected chi connectivity index (χ2v) is 6.23. The Morgan fingerprint density at radius 3 is 2.59 bits per heavy atom. The summed E-state index contributed by atoms with van der Waals surface area (Å²) in [6.07, 6.45) is 0. The zero-order valence-electron chi connectivity index (χ0n) is 16.1. The monoisotopic (exact) mass is 369 g/mol. The lowest BCUT2D eigenvalue weighted by Gasteiger charge is -2.23. The van der Waals surface area contributed by atoms with Gasteiger partial charge in [-0.25, -0.2) is 0 Å². The summed E-state index contributed by atoms with van der Waals surface area (Å²) in [7, 11) is 0. The standard InChI is InChI=1S/C21H27N3O3/c1-4-24(18-9-7-8-16(2)14-18)13-12-22-21(26)15-27-20-11-6-5-10-19(20)23-17(3)25/h5-11,14H,4,12-13,15H2,1-3H3,(H,22,26)(H,23,25). The second-order valence-electron chi connectivity index (χ2n) is 6.23. The molecule has 0 radical (unpaired) electrons. The molecule has 0 saturated carbocycles. The minimum absolute atomic E-state index is 0.104. The number of nitrogens with zero attached hydrogens (tertiary/aromatic N) is 1. The van der Waals surface area contributed by atoms with Crippen molar-refractivity contribution in [3.05, 3.63) is 54.1 Å². The van der Waals surface area contributed by atoms with E-state index in [9.17, 15) is 9.59 Å². The number of nitrogens with one attached hydrogen (secondary N) is 2. The van der Waals surface area contributed by atoms with Gasteiger partial charge in [0.15, 0.2) is 6.61 Å². The van der Waals surface area contributed by atoms with E-state index >= 15 is 0 Å². The molecule has 0 heterocycles. The van der Waals surface area contributed by atoms with E-state index in [-0.39, 0.29) is 18.4 Å². The fourth-order valence-electron chi connectivity index (χ4n) is 2.70. The molecule has 27 heavy (non-hydrogen) atoms. The van der Waals surface area contributed by atoms with Crippen molar-refractivity contribution < 1.29 is 14.3 Å². The Balaban J connectivity index is 1.80. The van der Waals surface area contributed by atoms with Crippen LogP contribution in [0.15, 0.2) is 48.5 Å². The number of amides is 2. The summed E-state index contributed by atoms with van der Waals surface area (Å²) in [4.78, 5) is 25.5. The summed E-state index contributed by atoms with van der Waals surface area (Å²) < 4.78 is 5.54. The summed E-state index contributed by atoms with van der Waals surface area (Å²) >= 11 is 0. The van der Waals surface area contributed by atoms with Crippen LogP contribution in [-0.4, -0.2) is 38.1 Å². The van der Waals surface area contributed by atoms with Crippen molar-refractivity contribution in [2.75, 3.05) is 36.5 Å². The van der Waals surface area contributed by atoms with E-state index in [4.69, 9.17) is 4.74 Å². The summed E-state index contributed by atoms with van der Waals surface area (Å²) in [6.45, 7) is 7.58. The first-order valence-electron chi connectivity index (χ1n) is 9.07. The lowest BCUT2D eigenvalue weighted by atomic mass is 10.2. The van der Waals surface area contributed by atoms with Crippen molar-refractivity contribution in [1.29, 1.82) is 0 Å². The number of para-hydroxylation sites is 2. The number of carbonyl (C=O) groups excluding carboxylic acids is 2. The van der Waals surface area contributed by atoms with Gasteiger partial charge in [0.25, 0.3) is 5.91 Å². The highest BCUT2D eigenvalue weighted by molar-refractivity contribution is 5.90. The van der Waals surface area contributed by atoms with Crippen LogP contribution in [0.25, 0.3) is 0 Å². The Morgan fingerprint density at radius 1 is 1.11 bits per heavy atom. The number of likely N-dealkylation sites (N-methyl/N-ethyl adjacent to an activating group) is 1. The Morgan fingerprint density at radius 2 is 1.89 bits per heavy atom. The van der Waals surface area contributed by atoms with Gasteiger partial charge in [-0.2, -0.15) is 0 Å². The van der Waals surface area contributed by atoms with Crippen LogP contribution in [0, 0.1) is 6.92 Å². The number of hydrogen-bond donors (Lipinski definition) is 2. The first-order valence-corrected chi connectivity index (χ1v) is 9.07. The molecule has 2 rings (SSSR count). The van der Waals surface area contributed by atoms with Gasteiger partial charge in [-0.3, -0.25) is 9.59 Å². The van der Waals surface area contributed by atoms with Crippen molar-refractivity contribution in [2.45, 2.75) is 20.8 Å². The summed E-state index contributed by atoms with van der Waals surface area (Å²) in [5.74, 6) is 0.0806. The largest absolute Gasteiger partial charge is 0.482 e. The molecule has 0 fully saturated rings. The highest BCUT2D eigenvalue weighted by Crippen LogP contribution is 2.23. The quantitative estimate of drug-likeness (QED) is 0.713. The maximum absolute atomic E-state index is 12.1. The molecule has 0 aliphatic carbocycles. The van der Waals surface area contributed by atoms with Gasteiger partial charge in [0, 0.05) is 32.2 Å². The molecule has 0 spiro atoms. The van der Waals surface area contributed by atoms with Crippen LogP contribution in [0.5, 0.6) is 5.75 Å². The van der Waals surface area contributed by atoms with E-state index in [2.05, 4.69) is 47.6 Å². The normalized spacial score (nSPS) is 10.2. The molecule has 2 N–H and O–H groups in total. The van der Waals surface area contributed by atoms with Gasteiger partial charge in [0.05, 0.1) is 5.69 Å². The van der Waals surface area contributed by atoms with Crippen molar-refractivity contribution in [1.82, 2.24) is 5.32 Å². The molecule has 2 aromatic carbocycles. The minimum Gasteiger partial charge on any atom is -0.482 e. The van der Waals surface area contributed by atoms with Gasteiger partial charge in [-0.05, 0) is 43.7 Å². The SMILES string of the molecule is CCN(CCNC(=O)COc1ccccc1NC(C)=O)c1cccc(C)c1. The van der Waals surface area contributed by atoms with E-state index in [0.717, 1.165) is 12.2 Å². The van der Waals surface area contributed by atoms with Crippen molar-refractivity contribution >= 4 is 23.2 Å². The molecule has 0 aliphatic heterocycles. The third kappa shape index (κ3) is 6.66. The second kappa shape index (κ2) is 10.2. The predicted molar refractivity (Wildman–Crippen MR) is 108 cm³/mol. The number of carbonyl (C=O) groups is 2. The molecule has 0 aliphatic rings. The van der Waals surface area contributed by atoms with Gasteiger partial charge in [-0.1, -0.05) is 24.3 Å². The van der Waals surface area contributed by atoms with Crippen molar-refractivity contribution in [3.63, 3.8) is 0 Å². The van der Waals surface area contributed by atoms with Gasteiger partial charge >= 0.3 is 0 Å². The zero-order chi connectivity index (χ0) is 19.6. The van der Waals surface area contributed by atoms with Crippen LogP contribution in [0.1, 0.15) is 19.4 Å². The van der Waals surface area contributed by atoms with Crippen LogP contribution in [0.2, 0.25) is 0 Å². The van der Waals surface area contributed by atoms with Crippen LogP contribution >= 0.6 is 0 Å². The number of hydrogen-bond acceptors (Lipinski definition) is 4. The van der Waals surface area contributed by atoms with Gasteiger partial charge in [0.1, 0.15) is 5.75 Å². The summed E-state index contributed by atoms with van der Waals surface area (Å²) in [5.41, 5.74) is 2.91. The first-order chi connectivity index (χ1) is 13.0. The molecule has 2 aromatic rings. The molecule has 0 atom stereocenters. The van der Waals surface area contributed by atoms with Gasteiger partial charge < -0.3 is 20.3 Å². The molecule has 0 aromatic heterocycles. The van der Waals surface area contributed by atoms with Crippen molar-refractivity contribution in [3.8, 4) is 5.75 Å². The fraction of sp³-hybridized carbons (Fsp3) is 0.333. The van der Waals surface area contributed by atoms with E-state index < -0.39 is 0 Å². The predicted octanol–water partition coefficient (Wildman–Crippen LogP) is 2.97. The maximum atomic E-state index is 12.1. The highest BCUT2D eigenvalue weighted by atomic mass is 16.5. The van der Waals surface area contributed by atoms with Crippen LogP contribution in [-0.2, 0) is 9.59 Å². The van der Waals surface area contributed by atoms with Crippen LogP contribution in [0.3, 0.4) is 0 Å². The minimum atomic E-state index is -0.201. The molecule has 0 unspecified atom stereocenters. The summed E-state index contributed by atoms with van der Waals surface area (Å²) in [5, 5.41) is 5.55. The van der Waals surface area contributed by atoms with E-state index in [1.54, 1.807) is 24.3 Å². The highest BCUT2D eigenvalue weighted by Gasteiger charge is 2.09. The average molecular weight is 369 g/mol. The van der Waals surface area contributed by atoms with Crippen LogP contribution < -0.4 is 20.3 Å². The van der Waals surface area contributed by atoms with Crippen LogP contribution in [0.4, 0.5) is 11.4 Å². The summed E-state index contributed by atoms with van der Waals surface area (Å²) in [6, 6.07) is 15.3. The van der Waals surface area contributed by atoms with Gasteiger partial charge in [0.2, 0.25) is 5.91 Å². The lowest BCUT2D eigenvalue weighted by molar-refractivity contribution is -0.123. The number of aryl methyl sites for hydroxylation is 1. The molecule has 6 heteroatoms. The zero-order valence-corrected chi connectivity index (χ0v) is 16.1. The molecule has 0 saturated heterocycles. The van der Waals surface area contributed by atoms with E-state index in [1.807, 2.05) is 6.07 Å². The number of rotatable bonds is 9. The third-order valence-electron chi connectivity index (χ3n) is 4.01. The molecule has 2 amide bonds. The third-order valence-corrected chi connectivity index (χ3v) is 4.01. The molecular formula is C21H27N3O3. The lowest BCUT2D eigenvalue weighted by Crippen LogP contribution is -2.37. The Labute approximate surface area is 160 Å². The molecule has 6 nitrogen and oxygen atoms in total. The van der Waals surface area contributed by atoms with E-state index in [1.165, 1.54) is 12.5 Å². The topological polar surface area (TPSA) is 70.7 Å². The molecule has 0 bridgehead atoms. The van der Waals surface area contributed by atoms with Gasteiger partial charge in [-0.15, -0.1) is 0 Å². The van der Waals surface area contributed by atoms with Crippen molar-refractivity contribution in [2.24, 2.45) is 0 Å². The number of anilines is 2. The number of benzene rings is 2. The smallest absolute Gasteiger partial charge is 0.258 e. The molecule has 144 valence electrons.